The molecule has 2 N–H and O–H groups in total. The van der Waals surface area contributed by atoms with Crippen LogP contribution in [0.15, 0.2) is 16.5 Å². The van der Waals surface area contributed by atoms with Gasteiger partial charge in [-0.3, -0.25) is 14.9 Å². The first-order valence-electron chi connectivity index (χ1n) is 3.71. The summed E-state index contributed by atoms with van der Waals surface area (Å²) in [6.07, 6.45) is 0. The number of nitrogens with zero attached hydrogens (tertiary/aromatic N) is 1. The van der Waals surface area contributed by atoms with E-state index in [2.05, 4.69) is 31.9 Å². The van der Waals surface area contributed by atoms with E-state index in [0.29, 0.717) is 0 Å². The predicted molar refractivity (Wildman–Crippen MR) is 59.0 cm³/mol. The average molecular weight is 342 g/mol. The largest absolute Gasteiger partial charge is 0.433 e. The van der Waals surface area contributed by atoms with Gasteiger partial charge in [0.05, 0.1) is 6.07 Å². The summed E-state index contributed by atoms with van der Waals surface area (Å²) in [6, 6.07) is 2.50. The minimum Gasteiger partial charge on any atom is -0.404 e. The zero-order valence-electron chi connectivity index (χ0n) is 7.28. The van der Waals surface area contributed by atoms with Crippen LogP contribution in [0.25, 0.3) is 0 Å². The molecule has 0 radical (unpaired) electrons. The molecular formula is C7H6Br2N2O4. The van der Waals surface area contributed by atoms with E-state index in [0.717, 1.165) is 6.07 Å². The molecule has 1 atom stereocenters. The van der Waals surface area contributed by atoms with Crippen LogP contribution in [0, 0.1) is 10.1 Å². The smallest absolute Gasteiger partial charge is 0.404 e. The molecule has 1 aromatic rings. The van der Waals surface area contributed by atoms with E-state index in [9.17, 15) is 14.9 Å². The van der Waals surface area contributed by atoms with Crippen molar-refractivity contribution in [3.63, 3.8) is 0 Å². The van der Waals surface area contributed by atoms with Crippen molar-refractivity contribution in [3.8, 4) is 0 Å². The number of hydrogen-bond donors (Lipinski definition) is 1. The lowest BCUT2D eigenvalue weighted by Gasteiger charge is -2.17. The van der Waals surface area contributed by atoms with Crippen LogP contribution in [0.5, 0.6) is 0 Å². The van der Waals surface area contributed by atoms with Gasteiger partial charge in [-0.25, -0.2) is 0 Å². The maximum atomic E-state index is 11.1. The first-order chi connectivity index (χ1) is 6.91. The Morgan fingerprint density at radius 2 is 2.27 bits per heavy atom. The maximum absolute atomic E-state index is 11.1. The Kier molecular flexibility index (Phi) is 3.50. The molecule has 0 aliphatic carbocycles. The van der Waals surface area contributed by atoms with Gasteiger partial charge in [0.25, 0.3) is 0 Å². The molecule has 0 spiro atoms. The molecule has 0 fully saturated rings. The number of nitro groups is 1. The van der Waals surface area contributed by atoms with Crippen molar-refractivity contribution < 1.29 is 14.1 Å². The molecule has 0 aliphatic rings. The van der Waals surface area contributed by atoms with Crippen LogP contribution in [0.3, 0.4) is 0 Å². The van der Waals surface area contributed by atoms with Crippen molar-refractivity contribution in [1.82, 2.24) is 0 Å². The second-order valence-electron chi connectivity index (χ2n) is 2.69. The highest BCUT2D eigenvalue weighted by Gasteiger charge is 2.39. The van der Waals surface area contributed by atoms with Gasteiger partial charge in [0, 0.05) is 5.33 Å². The third-order valence-corrected chi connectivity index (χ3v) is 4.39. The number of alkyl halides is 2. The molecule has 15 heavy (non-hydrogen) atoms. The number of hydrogen-bond acceptors (Lipinski definition) is 4. The maximum Gasteiger partial charge on any atom is 0.433 e. The Labute approximate surface area is 101 Å². The molecule has 0 aromatic carbocycles. The van der Waals surface area contributed by atoms with E-state index >= 15 is 0 Å². The Morgan fingerprint density at radius 1 is 1.67 bits per heavy atom. The lowest BCUT2D eigenvalue weighted by atomic mass is 10.1. The standard InChI is InChI=1S/C7H6Br2N2O4/c8-3-7(9,6(10)12)4-1-2-5(15-4)11(13)14/h1-2H,3H2,(H2,10,12). The van der Waals surface area contributed by atoms with Crippen LogP contribution in [0.2, 0.25) is 0 Å². The van der Waals surface area contributed by atoms with E-state index < -0.39 is 21.0 Å². The van der Waals surface area contributed by atoms with Crippen molar-refractivity contribution >= 4 is 43.7 Å². The summed E-state index contributed by atoms with van der Waals surface area (Å²) in [5.41, 5.74) is 5.15. The van der Waals surface area contributed by atoms with E-state index in [1.807, 2.05) is 0 Å². The molecule has 1 amide bonds. The fourth-order valence-corrected chi connectivity index (χ4v) is 1.66. The lowest BCUT2D eigenvalue weighted by Crippen LogP contribution is -2.36. The number of primary amides is 1. The second kappa shape index (κ2) is 4.31. The summed E-state index contributed by atoms with van der Waals surface area (Å²) in [6.45, 7) is 0. The van der Waals surface area contributed by atoms with Crippen molar-refractivity contribution in [2.24, 2.45) is 5.73 Å². The zero-order valence-corrected chi connectivity index (χ0v) is 10.4. The Morgan fingerprint density at radius 3 is 2.60 bits per heavy atom. The number of furan rings is 1. The molecular weight excluding hydrogens is 336 g/mol. The summed E-state index contributed by atoms with van der Waals surface area (Å²) < 4.78 is 3.62. The fraction of sp³-hybridized carbons (Fsp3) is 0.286. The van der Waals surface area contributed by atoms with Crippen molar-refractivity contribution in [2.45, 2.75) is 4.32 Å². The van der Waals surface area contributed by atoms with Crippen LogP contribution in [-0.2, 0) is 9.12 Å². The molecule has 82 valence electrons. The zero-order chi connectivity index (χ0) is 11.6. The number of carbonyl (C=O) groups excluding carboxylic acids is 1. The first-order valence-corrected chi connectivity index (χ1v) is 5.62. The van der Waals surface area contributed by atoms with Gasteiger partial charge in [0.15, 0.2) is 4.32 Å². The predicted octanol–water partition coefficient (Wildman–Crippen LogP) is 1.66. The summed E-state index contributed by atoms with van der Waals surface area (Å²) in [7, 11) is 0. The van der Waals surface area contributed by atoms with Gasteiger partial charge < -0.3 is 10.2 Å². The summed E-state index contributed by atoms with van der Waals surface area (Å²) in [5.74, 6) is -1.03. The molecule has 6 nitrogen and oxygen atoms in total. The SMILES string of the molecule is NC(=O)C(Br)(CBr)c1ccc([N+](=O)[O-])o1. The minimum absolute atomic E-state index is 0.0959. The molecule has 1 unspecified atom stereocenters. The van der Waals surface area contributed by atoms with Gasteiger partial charge in [-0.05, 0) is 6.07 Å². The minimum atomic E-state index is -1.26. The van der Waals surface area contributed by atoms with Crippen molar-refractivity contribution in [1.29, 1.82) is 0 Å². The van der Waals surface area contributed by atoms with Crippen LogP contribution in [0.1, 0.15) is 5.76 Å². The molecule has 1 aromatic heterocycles. The highest BCUT2D eigenvalue weighted by Crippen LogP contribution is 2.35. The Balaban J connectivity index is 3.14. The van der Waals surface area contributed by atoms with Gasteiger partial charge in [0.1, 0.15) is 10.7 Å². The van der Waals surface area contributed by atoms with Crippen LogP contribution in [0.4, 0.5) is 5.88 Å². The van der Waals surface area contributed by atoms with Crippen LogP contribution < -0.4 is 5.73 Å². The fourth-order valence-electron chi connectivity index (χ4n) is 0.892. The van der Waals surface area contributed by atoms with Gasteiger partial charge in [0.2, 0.25) is 5.91 Å². The third-order valence-electron chi connectivity index (χ3n) is 1.74. The highest BCUT2D eigenvalue weighted by atomic mass is 79.9. The topological polar surface area (TPSA) is 99.4 Å². The highest BCUT2D eigenvalue weighted by molar-refractivity contribution is 9.12. The first kappa shape index (κ1) is 12.2. The van der Waals surface area contributed by atoms with Crippen LogP contribution in [-0.4, -0.2) is 16.2 Å². The van der Waals surface area contributed by atoms with E-state index in [-0.39, 0.29) is 11.1 Å². The summed E-state index contributed by atoms with van der Waals surface area (Å²) >= 11 is 6.16. The van der Waals surface area contributed by atoms with Crippen molar-refractivity contribution in [2.75, 3.05) is 5.33 Å². The molecule has 1 heterocycles. The van der Waals surface area contributed by atoms with E-state index in [1.54, 1.807) is 0 Å². The molecule has 0 saturated heterocycles. The van der Waals surface area contributed by atoms with Crippen molar-refractivity contribution in [3.05, 3.63) is 28.0 Å². The molecule has 8 heteroatoms. The average Bonchev–Trinajstić information content (AvgIpc) is 2.65. The number of rotatable bonds is 4. The number of amides is 1. The molecule has 0 saturated carbocycles. The second-order valence-corrected chi connectivity index (χ2v) is 4.61. The van der Waals surface area contributed by atoms with Crippen LogP contribution >= 0.6 is 31.9 Å². The monoisotopic (exact) mass is 340 g/mol. The van der Waals surface area contributed by atoms with Gasteiger partial charge in [-0.1, -0.05) is 31.9 Å². The molecule has 0 bridgehead atoms. The number of halogens is 2. The van der Waals surface area contributed by atoms with Gasteiger partial charge in [-0.15, -0.1) is 0 Å². The normalized spacial score (nSPS) is 14.5. The Hall–Kier alpha value is -0.890. The van der Waals surface area contributed by atoms with E-state index in [1.165, 1.54) is 6.07 Å². The lowest BCUT2D eigenvalue weighted by molar-refractivity contribution is -0.402. The number of nitrogens with two attached hydrogens (primary N) is 1. The molecule has 1 rings (SSSR count). The number of carbonyl (C=O) groups is 1. The van der Waals surface area contributed by atoms with Gasteiger partial charge >= 0.3 is 5.88 Å². The summed E-state index contributed by atoms with van der Waals surface area (Å²) in [5, 5.41) is 10.5. The van der Waals surface area contributed by atoms with Gasteiger partial charge in [-0.2, -0.15) is 0 Å². The summed E-state index contributed by atoms with van der Waals surface area (Å²) in [4.78, 5) is 20.8. The Bertz CT molecular complexity index is 405. The van der Waals surface area contributed by atoms with E-state index in [4.69, 9.17) is 10.2 Å². The molecule has 0 aliphatic heterocycles. The third kappa shape index (κ3) is 2.20. The quantitative estimate of drug-likeness (QED) is 0.511.